The Kier molecular flexibility index (Phi) is 23.4. The standard InChI is InChI=1S/C26H52O/c1-3-5-7-9-11-13-14-15-16-17-19-21-23-25-26(27)24-22-20-18-12-10-8-6-4-2/h3-25H2,1-2H3. The molecule has 0 aromatic heterocycles. The SMILES string of the molecule is CCCCCCCCCCCCCCCC(=O)CCCCCCCCCC. The molecule has 0 unspecified atom stereocenters. The van der Waals surface area contributed by atoms with E-state index in [1.165, 1.54) is 122 Å². The molecule has 0 N–H and O–H groups in total. The van der Waals surface area contributed by atoms with Gasteiger partial charge < -0.3 is 0 Å². The van der Waals surface area contributed by atoms with Gasteiger partial charge in [-0.05, 0) is 12.8 Å². The summed E-state index contributed by atoms with van der Waals surface area (Å²) in [4.78, 5) is 11.9. The summed E-state index contributed by atoms with van der Waals surface area (Å²) in [7, 11) is 0. The number of Topliss-reactive ketones (excluding diaryl/α,β-unsaturated/α-hetero) is 1. The van der Waals surface area contributed by atoms with Crippen LogP contribution in [0, 0.1) is 0 Å². The maximum absolute atomic E-state index is 11.9. The van der Waals surface area contributed by atoms with E-state index in [0.29, 0.717) is 5.78 Å². The van der Waals surface area contributed by atoms with E-state index < -0.39 is 0 Å². The Hall–Kier alpha value is -0.330. The van der Waals surface area contributed by atoms with Crippen LogP contribution in [0.1, 0.15) is 162 Å². The van der Waals surface area contributed by atoms with Gasteiger partial charge in [-0.2, -0.15) is 0 Å². The van der Waals surface area contributed by atoms with Crippen molar-refractivity contribution in [3.8, 4) is 0 Å². The zero-order valence-electron chi connectivity index (χ0n) is 19.2. The molecule has 0 aliphatic carbocycles. The summed E-state index contributed by atoms with van der Waals surface area (Å²) in [5.41, 5.74) is 0. The zero-order chi connectivity index (χ0) is 19.8. The Balaban J connectivity index is 3.12. The Labute approximate surface area is 172 Å². The second kappa shape index (κ2) is 23.7. The maximum Gasteiger partial charge on any atom is 0.132 e. The number of hydrogen-bond acceptors (Lipinski definition) is 1. The van der Waals surface area contributed by atoms with E-state index in [9.17, 15) is 4.79 Å². The highest BCUT2D eigenvalue weighted by atomic mass is 16.1. The van der Waals surface area contributed by atoms with Crippen molar-refractivity contribution in [2.75, 3.05) is 0 Å². The summed E-state index contributed by atoms with van der Waals surface area (Å²) < 4.78 is 0. The molecule has 1 nitrogen and oxygen atoms in total. The van der Waals surface area contributed by atoms with Crippen LogP contribution in [-0.4, -0.2) is 5.78 Å². The van der Waals surface area contributed by atoms with Gasteiger partial charge in [0, 0.05) is 12.8 Å². The summed E-state index contributed by atoms with van der Waals surface area (Å²) in [5, 5.41) is 0. The van der Waals surface area contributed by atoms with Crippen molar-refractivity contribution in [1.29, 1.82) is 0 Å². The average molecular weight is 381 g/mol. The van der Waals surface area contributed by atoms with E-state index in [2.05, 4.69) is 13.8 Å². The Bertz CT molecular complexity index is 284. The largest absolute Gasteiger partial charge is 0.300 e. The Morgan fingerprint density at radius 3 is 0.852 bits per heavy atom. The third-order valence-corrected chi connectivity index (χ3v) is 5.87. The molecule has 0 amide bonds. The molecule has 0 spiro atoms. The predicted molar refractivity (Wildman–Crippen MR) is 123 cm³/mol. The molecule has 162 valence electrons. The maximum atomic E-state index is 11.9. The van der Waals surface area contributed by atoms with Crippen LogP contribution in [0.2, 0.25) is 0 Å². The number of rotatable bonds is 23. The first kappa shape index (κ1) is 26.7. The minimum absolute atomic E-state index is 0.518. The first-order chi connectivity index (χ1) is 13.3. The van der Waals surface area contributed by atoms with Crippen LogP contribution >= 0.6 is 0 Å². The van der Waals surface area contributed by atoms with Crippen molar-refractivity contribution in [1.82, 2.24) is 0 Å². The van der Waals surface area contributed by atoms with Gasteiger partial charge in [-0.15, -0.1) is 0 Å². The molecule has 0 saturated carbocycles. The number of ketones is 1. The van der Waals surface area contributed by atoms with Crippen LogP contribution < -0.4 is 0 Å². The fourth-order valence-electron chi connectivity index (χ4n) is 3.92. The molecule has 0 radical (unpaired) electrons. The molecule has 0 aromatic rings. The van der Waals surface area contributed by atoms with E-state index in [1.54, 1.807) is 0 Å². The van der Waals surface area contributed by atoms with Gasteiger partial charge in [-0.25, -0.2) is 0 Å². The van der Waals surface area contributed by atoms with Crippen LogP contribution in [0.5, 0.6) is 0 Å². The molecule has 0 saturated heterocycles. The van der Waals surface area contributed by atoms with Gasteiger partial charge in [0.1, 0.15) is 5.78 Å². The Morgan fingerprint density at radius 1 is 0.370 bits per heavy atom. The van der Waals surface area contributed by atoms with Gasteiger partial charge in [0.15, 0.2) is 0 Å². The summed E-state index contributed by atoms with van der Waals surface area (Å²) in [6.45, 7) is 4.55. The van der Waals surface area contributed by atoms with Crippen molar-refractivity contribution in [3.63, 3.8) is 0 Å². The Morgan fingerprint density at radius 2 is 0.593 bits per heavy atom. The van der Waals surface area contributed by atoms with E-state index in [0.717, 1.165) is 25.7 Å². The van der Waals surface area contributed by atoms with Crippen molar-refractivity contribution in [2.45, 2.75) is 162 Å². The zero-order valence-corrected chi connectivity index (χ0v) is 19.2. The van der Waals surface area contributed by atoms with Gasteiger partial charge in [0.2, 0.25) is 0 Å². The lowest BCUT2D eigenvalue weighted by atomic mass is 10.0. The van der Waals surface area contributed by atoms with Crippen LogP contribution in [-0.2, 0) is 4.79 Å². The summed E-state index contributed by atoms with van der Waals surface area (Å²) in [6, 6.07) is 0. The molecule has 1 heteroatoms. The van der Waals surface area contributed by atoms with Crippen LogP contribution in [0.25, 0.3) is 0 Å². The molecule has 27 heavy (non-hydrogen) atoms. The van der Waals surface area contributed by atoms with E-state index in [4.69, 9.17) is 0 Å². The fraction of sp³-hybridized carbons (Fsp3) is 0.962. The van der Waals surface area contributed by atoms with E-state index >= 15 is 0 Å². The van der Waals surface area contributed by atoms with Crippen molar-refractivity contribution in [2.24, 2.45) is 0 Å². The second-order valence-corrected chi connectivity index (χ2v) is 8.76. The van der Waals surface area contributed by atoms with E-state index in [1.807, 2.05) is 0 Å². The molecule has 0 atom stereocenters. The predicted octanol–water partition coefficient (Wildman–Crippen LogP) is 9.57. The van der Waals surface area contributed by atoms with Crippen LogP contribution in [0.15, 0.2) is 0 Å². The normalized spacial score (nSPS) is 11.2. The van der Waals surface area contributed by atoms with Gasteiger partial charge in [0.05, 0.1) is 0 Å². The van der Waals surface area contributed by atoms with Gasteiger partial charge >= 0.3 is 0 Å². The summed E-state index contributed by atoms with van der Waals surface area (Å²) in [5.74, 6) is 0.518. The first-order valence-corrected chi connectivity index (χ1v) is 12.8. The summed E-state index contributed by atoms with van der Waals surface area (Å²) in [6.07, 6.45) is 30.2. The highest BCUT2D eigenvalue weighted by molar-refractivity contribution is 5.78. The van der Waals surface area contributed by atoms with Gasteiger partial charge in [0.25, 0.3) is 0 Å². The molecule has 0 fully saturated rings. The first-order valence-electron chi connectivity index (χ1n) is 12.8. The smallest absolute Gasteiger partial charge is 0.132 e. The highest BCUT2D eigenvalue weighted by Gasteiger charge is 2.02. The lowest BCUT2D eigenvalue weighted by Gasteiger charge is -2.04. The van der Waals surface area contributed by atoms with Gasteiger partial charge in [-0.1, -0.05) is 136 Å². The van der Waals surface area contributed by atoms with Crippen LogP contribution in [0.4, 0.5) is 0 Å². The lowest BCUT2D eigenvalue weighted by Crippen LogP contribution is -1.97. The lowest BCUT2D eigenvalue weighted by molar-refractivity contribution is -0.119. The number of carbonyl (C=O) groups excluding carboxylic acids is 1. The number of hydrogen-bond donors (Lipinski definition) is 0. The molecular formula is C26H52O. The quantitative estimate of drug-likeness (QED) is 0.161. The van der Waals surface area contributed by atoms with Crippen molar-refractivity contribution < 1.29 is 4.79 Å². The summed E-state index contributed by atoms with van der Waals surface area (Å²) >= 11 is 0. The van der Waals surface area contributed by atoms with E-state index in [-0.39, 0.29) is 0 Å². The number of carbonyl (C=O) groups is 1. The fourth-order valence-corrected chi connectivity index (χ4v) is 3.92. The molecule has 0 aliphatic heterocycles. The van der Waals surface area contributed by atoms with Crippen molar-refractivity contribution >= 4 is 5.78 Å². The molecule has 0 rings (SSSR count). The van der Waals surface area contributed by atoms with Gasteiger partial charge in [-0.3, -0.25) is 4.79 Å². The molecule has 0 heterocycles. The average Bonchev–Trinajstić information content (AvgIpc) is 2.67. The molecular weight excluding hydrogens is 328 g/mol. The molecule has 0 bridgehead atoms. The minimum Gasteiger partial charge on any atom is -0.300 e. The topological polar surface area (TPSA) is 17.1 Å². The third kappa shape index (κ3) is 23.6. The molecule has 0 aliphatic rings. The van der Waals surface area contributed by atoms with Crippen LogP contribution in [0.3, 0.4) is 0 Å². The second-order valence-electron chi connectivity index (χ2n) is 8.76. The third-order valence-electron chi connectivity index (χ3n) is 5.87. The minimum atomic E-state index is 0.518. The monoisotopic (exact) mass is 380 g/mol. The number of unbranched alkanes of at least 4 members (excludes halogenated alkanes) is 19. The van der Waals surface area contributed by atoms with Crippen molar-refractivity contribution in [3.05, 3.63) is 0 Å². The highest BCUT2D eigenvalue weighted by Crippen LogP contribution is 2.14. The molecule has 0 aromatic carbocycles.